The van der Waals surface area contributed by atoms with Crippen LogP contribution in [0.4, 0.5) is 13.2 Å². The summed E-state index contributed by atoms with van der Waals surface area (Å²) in [5.74, 6) is -1.67. The van der Waals surface area contributed by atoms with Crippen molar-refractivity contribution in [3.63, 3.8) is 0 Å². The number of nitrogens with zero attached hydrogens (tertiary/aromatic N) is 2. The van der Waals surface area contributed by atoms with Crippen LogP contribution >= 0.6 is 11.5 Å². The van der Waals surface area contributed by atoms with Gasteiger partial charge in [-0.05, 0) is 23.7 Å². The lowest BCUT2D eigenvalue weighted by molar-refractivity contribution is -0.139. The number of aromatic carboxylic acids is 1. The number of halogens is 3. The van der Waals surface area contributed by atoms with Crippen LogP contribution < -0.4 is 4.74 Å². The van der Waals surface area contributed by atoms with E-state index >= 15 is 0 Å². The first-order chi connectivity index (χ1) is 9.39. The lowest BCUT2D eigenvalue weighted by atomic mass is 10.2. The lowest BCUT2D eigenvalue weighted by Gasteiger charge is -2.12. The summed E-state index contributed by atoms with van der Waals surface area (Å²) in [5, 5.41) is 12.2. The summed E-state index contributed by atoms with van der Waals surface area (Å²) in [4.78, 5) is 10.9. The van der Waals surface area contributed by atoms with Crippen LogP contribution in [0.5, 0.6) is 5.75 Å². The molecule has 0 bridgehead atoms. The van der Waals surface area contributed by atoms with Gasteiger partial charge in [0.2, 0.25) is 0 Å². The minimum atomic E-state index is -4.54. The summed E-state index contributed by atoms with van der Waals surface area (Å²) in [6.45, 7) is -0.341. The van der Waals surface area contributed by atoms with Crippen molar-refractivity contribution in [2.24, 2.45) is 0 Å². The molecule has 2 aromatic rings. The first-order valence-electron chi connectivity index (χ1n) is 5.23. The van der Waals surface area contributed by atoms with Crippen molar-refractivity contribution in [2.75, 3.05) is 0 Å². The van der Waals surface area contributed by atoms with E-state index in [0.717, 1.165) is 23.7 Å². The molecule has 106 valence electrons. The zero-order valence-electron chi connectivity index (χ0n) is 9.72. The molecule has 2 rings (SSSR count). The van der Waals surface area contributed by atoms with Gasteiger partial charge in [0, 0.05) is 0 Å². The number of ether oxygens (including phenoxy) is 1. The third kappa shape index (κ3) is 3.05. The van der Waals surface area contributed by atoms with Crippen LogP contribution in [-0.2, 0) is 12.8 Å². The molecule has 0 saturated heterocycles. The zero-order valence-corrected chi connectivity index (χ0v) is 10.5. The van der Waals surface area contributed by atoms with Gasteiger partial charge in [0.25, 0.3) is 0 Å². The normalized spacial score (nSPS) is 11.3. The Morgan fingerprint density at radius 1 is 1.35 bits per heavy atom. The largest absolute Gasteiger partial charge is 0.487 e. The molecule has 0 spiro atoms. The number of hydrogen-bond donors (Lipinski definition) is 1. The quantitative estimate of drug-likeness (QED) is 0.940. The first kappa shape index (κ1) is 14.3. The van der Waals surface area contributed by atoms with E-state index in [1.54, 1.807) is 0 Å². The SMILES string of the molecule is O=C(O)c1nnsc1COc1ccccc1C(F)(F)F. The Morgan fingerprint density at radius 3 is 2.70 bits per heavy atom. The molecule has 20 heavy (non-hydrogen) atoms. The maximum absolute atomic E-state index is 12.7. The molecule has 5 nitrogen and oxygen atoms in total. The van der Waals surface area contributed by atoms with Gasteiger partial charge in [0.05, 0.1) is 10.4 Å². The van der Waals surface area contributed by atoms with E-state index in [9.17, 15) is 18.0 Å². The second-order valence-electron chi connectivity index (χ2n) is 3.63. The van der Waals surface area contributed by atoms with Gasteiger partial charge in [-0.1, -0.05) is 16.6 Å². The van der Waals surface area contributed by atoms with Gasteiger partial charge in [0.1, 0.15) is 12.4 Å². The highest BCUT2D eigenvalue weighted by Crippen LogP contribution is 2.36. The topological polar surface area (TPSA) is 72.3 Å². The van der Waals surface area contributed by atoms with E-state index < -0.39 is 17.7 Å². The first-order valence-corrected chi connectivity index (χ1v) is 6.00. The molecule has 0 radical (unpaired) electrons. The maximum Gasteiger partial charge on any atom is 0.419 e. The molecule has 0 atom stereocenters. The molecule has 0 saturated carbocycles. The van der Waals surface area contributed by atoms with Crippen molar-refractivity contribution < 1.29 is 27.8 Å². The number of carboxylic acid groups (broad SMARTS) is 1. The number of rotatable bonds is 4. The predicted molar refractivity (Wildman–Crippen MR) is 62.6 cm³/mol. The van der Waals surface area contributed by atoms with Crippen molar-refractivity contribution in [1.82, 2.24) is 9.59 Å². The van der Waals surface area contributed by atoms with Crippen LogP contribution in [0.2, 0.25) is 0 Å². The van der Waals surface area contributed by atoms with Gasteiger partial charge in [-0.3, -0.25) is 0 Å². The molecule has 0 aliphatic heterocycles. The smallest absolute Gasteiger partial charge is 0.419 e. The van der Waals surface area contributed by atoms with Gasteiger partial charge >= 0.3 is 12.1 Å². The van der Waals surface area contributed by atoms with Gasteiger partial charge in [-0.2, -0.15) is 13.2 Å². The molecule has 1 heterocycles. The van der Waals surface area contributed by atoms with Gasteiger partial charge < -0.3 is 9.84 Å². The fourth-order valence-corrected chi connectivity index (χ4v) is 1.98. The van der Waals surface area contributed by atoms with Crippen LogP contribution in [0.1, 0.15) is 20.9 Å². The van der Waals surface area contributed by atoms with E-state index in [1.165, 1.54) is 12.1 Å². The fourth-order valence-electron chi connectivity index (χ4n) is 1.44. The summed E-state index contributed by atoms with van der Waals surface area (Å²) in [7, 11) is 0. The molecular formula is C11H7F3N2O3S. The molecule has 0 fully saturated rings. The molecule has 0 unspecified atom stereocenters. The highest BCUT2D eigenvalue weighted by molar-refractivity contribution is 7.05. The number of benzene rings is 1. The lowest BCUT2D eigenvalue weighted by Crippen LogP contribution is -2.09. The van der Waals surface area contributed by atoms with Crippen molar-refractivity contribution in [3.8, 4) is 5.75 Å². The Hall–Kier alpha value is -2.16. The monoisotopic (exact) mass is 304 g/mol. The van der Waals surface area contributed by atoms with Crippen molar-refractivity contribution in [3.05, 3.63) is 40.4 Å². The predicted octanol–water partition coefficient (Wildman–Crippen LogP) is 2.83. The minimum absolute atomic E-state index is 0.148. The van der Waals surface area contributed by atoms with E-state index in [-0.39, 0.29) is 22.9 Å². The third-order valence-corrected chi connectivity index (χ3v) is 3.00. The van der Waals surface area contributed by atoms with Crippen LogP contribution in [0.25, 0.3) is 0 Å². The fraction of sp³-hybridized carbons (Fsp3) is 0.182. The Labute approximate surface area is 114 Å². The standard InChI is InChI=1S/C11H7F3N2O3S/c12-11(13,14)6-3-1-2-4-7(6)19-5-8-9(10(17)18)15-16-20-8/h1-4H,5H2,(H,17,18). The number of carboxylic acids is 1. The Bertz CT molecular complexity index is 627. The second-order valence-corrected chi connectivity index (χ2v) is 4.47. The molecule has 1 N–H and O–H groups in total. The average Bonchev–Trinajstić information content (AvgIpc) is 2.84. The number of alkyl halides is 3. The highest BCUT2D eigenvalue weighted by Gasteiger charge is 2.34. The van der Waals surface area contributed by atoms with Crippen LogP contribution in [0.3, 0.4) is 0 Å². The highest BCUT2D eigenvalue weighted by atomic mass is 32.1. The number of hydrogen-bond acceptors (Lipinski definition) is 5. The number of aromatic nitrogens is 2. The Balaban J connectivity index is 2.20. The van der Waals surface area contributed by atoms with E-state index in [4.69, 9.17) is 9.84 Å². The molecule has 0 aliphatic rings. The number of para-hydroxylation sites is 1. The van der Waals surface area contributed by atoms with Gasteiger partial charge in [-0.15, -0.1) is 5.10 Å². The Kier molecular flexibility index (Phi) is 3.89. The second kappa shape index (κ2) is 5.45. The molecule has 1 aromatic heterocycles. The van der Waals surface area contributed by atoms with Crippen LogP contribution in [0, 0.1) is 0 Å². The average molecular weight is 304 g/mol. The van der Waals surface area contributed by atoms with Crippen molar-refractivity contribution in [1.29, 1.82) is 0 Å². The van der Waals surface area contributed by atoms with E-state index in [1.807, 2.05) is 0 Å². The molecular weight excluding hydrogens is 297 g/mol. The van der Waals surface area contributed by atoms with E-state index in [0.29, 0.717) is 0 Å². The maximum atomic E-state index is 12.7. The number of carbonyl (C=O) groups is 1. The minimum Gasteiger partial charge on any atom is -0.487 e. The summed E-state index contributed by atoms with van der Waals surface area (Å²) in [6.07, 6.45) is -4.54. The van der Waals surface area contributed by atoms with Crippen LogP contribution in [0.15, 0.2) is 24.3 Å². The zero-order chi connectivity index (χ0) is 14.8. The van der Waals surface area contributed by atoms with Crippen LogP contribution in [-0.4, -0.2) is 20.7 Å². The van der Waals surface area contributed by atoms with Crippen molar-refractivity contribution in [2.45, 2.75) is 12.8 Å². The molecule has 9 heteroatoms. The Morgan fingerprint density at radius 2 is 2.05 bits per heavy atom. The molecule has 0 amide bonds. The van der Waals surface area contributed by atoms with E-state index in [2.05, 4.69) is 9.59 Å². The summed E-state index contributed by atoms with van der Waals surface area (Å²) < 4.78 is 46.7. The van der Waals surface area contributed by atoms with Crippen molar-refractivity contribution >= 4 is 17.5 Å². The molecule has 0 aliphatic carbocycles. The summed E-state index contributed by atoms with van der Waals surface area (Å²) in [6, 6.07) is 4.69. The van der Waals surface area contributed by atoms with Gasteiger partial charge in [0.15, 0.2) is 5.69 Å². The van der Waals surface area contributed by atoms with Gasteiger partial charge in [-0.25, -0.2) is 4.79 Å². The molecule has 1 aromatic carbocycles. The summed E-state index contributed by atoms with van der Waals surface area (Å²) >= 11 is 0.762. The summed E-state index contributed by atoms with van der Waals surface area (Å²) in [5.41, 5.74) is -1.24. The third-order valence-electron chi connectivity index (χ3n) is 2.31.